The quantitative estimate of drug-likeness (QED) is 0.596. The van der Waals surface area contributed by atoms with Crippen LogP contribution in [0.25, 0.3) is 0 Å². The van der Waals surface area contributed by atoms with Crippen molar-refractivity contribution >= 4 is 0 Å². The highest BCUT2D eigenvalue weighted by atomic mass is 16.6. The average Bonchev–Trinajstić information content (AvgIpc) is 2.17. The summed E-state index contributed by atoms with van der Waals surface area (Å²) in [5.74, 6) is 0. The molecule has 2 N–H and O–H groups in total. The molecular weight excluding hydrogens is 196 g/mol. The smallest absolute Gasteiger partial charge is 0.104 e. The molecule has 0 radical (unpaired) electrons. The fourth-order valence-corrected chi connectivity index (χ4v) is 1.80. The lowest BCUT2D eigenvalue weighted by atomic mass is 10.3. The van der Waals surface area contributed by atoms with Crippen molar-refractivity contribution in [3.05, 3.63) is 0 Å². The molecule has 2 saturated heterocycles. The van der Waals surface area contributed by atoms with Gasteiger partial charge >= 0.3 is 0 Å². The van der Waals surface area contributed by atoms with Crippen molar-refractivity contribution in [3.8, 4) is 0 Å². The first-order valence-electron chi connectivity index (χ1n) is 5.65. The molecular formula is C10H20N2O3. The van der Waals surface area contributed by atoms with Gasteiger partial charge in [0.1, 0.15) is 6.10 Å². The number of aliphatic hydroxyl groups excluding tert-OH is 1. The number of ether oxygens (including phenoxy) is 2. The molecule has 5 nitrogen and oxygen atoms in total. The largest absolute Gasteiger partial charge is 0.389 e. The minimum atomic E-state index is -0.372. The van der Waals surface area contributed by atoms with E-state index in [1.165, 1.54) is 0 Å². The normalized spacial score (nSPS) is 26.2. The van der Waals surface area contributed by atoms with E-state index >= 15 is 0 Å². The number of rotatable bonds is 5. The highest BCUT2D eigenvalue weighted by Gasteiger charge is 2.21. The van der Waals surface area contributed by atoms with E-state index in [4.69, 9.17) is 9.47 Å². The number of hydrogen-bond donors (Lipinski definition) is 2. The van der Waals surface area contributed by atoms with Gasteiger partial charge in [-0.05, 0) is 0 Å². The van der Waals surface area contributed by atoms with E-state index in [1.807, 2.05) is 0 Å². The Balaban J connectivity index is 1.56. The lowest BCUT2D eigenvalue weighted by molar-refractivity contribution is -0.144. The number of β-amino-alcohol motifs (C(OH)–C–C–N with tert-alkyl or cyclic N) is 1. The van der Waals surface area contributed by atoms with Crippen molar-refractivity contribution < 1.29 is 14.6 Å². The van der Waals surface area contributed by atoms with Crippen LogP contribution in [0.3, 0.4) is 0 Å². The molecule has 0 aromatic rings. The number of aliphatic hydroxyl groups is 1. The molecule has 1 unspecified atom stereocenters. The summed E-state index contributed by atoms with van der Waals surface area (Å²) in [6.45, 7) is 6.58. The van der Waals surface area contributed by atoms with Crippen LogP contribution in [0, 0.1) is 0 Å². The number of piperazine rings is 1. The van der Waals surface area contributed by atoms with E-state index in [0.717, 1.165) is 32.7 Å². The predicted octanol–water partition coefficient (Wildman–Crippen LogP) is -1.33. The Morgan fingerprint density at radius 1 is 1.40 bits per heavy atom. The van der Waals surface area contributed by atoms with Crippen LogP contribution < -0.4 is 5.32 Å². The van der Waals surface area contributed by atoms with Gasteiger partial charge in [-0.3, -0.25) is 4.90 Å². The third-order valence-corrected chi connectivity index (χ3v) is 2.81. The van der Waals surface area contributed by atoms with E-state index in [0.29, 0.717) is 19.8 Å². The van der Waals surface area contributed by atoms with E-state index in [9.17, 15) is 5.11 Å². The molecule has 1 atom stereocenters. The Morgan fingerprint density at radius 3 is 2.73 bits per heavy atom. The van der Waals surface area contributed by atoms with Crippen molar-refractivity contribution in [1.82, 2.24) is 10.2 Å². The minimum Gasteiger partial charge on any atom is -0.389 e. The zero-order valence-corrected chi connectivity index (χ0v) is 9.02. The van der Waals surface area contributed by atoms with Gasteiger partial charge in [0.25, 0.3) is 0 Å². The molecule has 0 aromatic heterocycles. The molecule has 88 valence electrons. The first kappa shape index (κ1) is 11.3. The van der Waals surface area contributed by atoms with Gasteiger partial charge < -0.3 is 19.9 Å². The van der Waals surface area contributed by atoms with E-state index < -0.39 is 0 Å². The van der Waals surface area contributed by atoms with Crippen LogP contribution in [0.5, 0.6) is 0 Å². The molecule has 0 aromatic carbocycles. The lowest BCUT2D eigenvalue weighted by Crippen LogP contribution is -2.47. The fourth-order valence-electron chi connectivity index (χ4n) is 1.80. The Hall–Kier alpha value is -0.200. The molecule has 0 saturated carbocycles. The van der Waals surface area contributed by atoms with Crippen LogP contribution in [-0.2, 0) is 9.47 Å². The number of hydrogen-bond acceptors (Lipinski definition) is 5. The highest BCUT2D eigenvalue weighted by Crippen LogP contribution is 2.06. The van der Waals surface area contributed by atoms with E-state index in [-0.39, 0.29) is 12.2 Å². The summed E-state index contributed by atoms with van der Waals surface area (Å²) in [7, 11) is 0. The maximum atomic E-state index is 9.74. The summed E-state index contributed by atoms with van der Waals surface area (Å²) >= 11 is 0. The van der Waals surface area contributed by atoms with Crippen molar-refractivity contribution in [2.45, 2.75) is 12.2 Å². The standard InChI is InChI=1S/C10H20N2O3/c13-9(6-15-10-7-14-8-10)5-12-3-1-11-2-4-12/h9-11,13H,1-8H2. The predicted molar refractivity (Wildman–Crippen MR) is 55.9 cm³/mol. The summed E-state index contributed by atoms with van der Waals surface area (Å²) in [5, 5.41) is 13.0. The Kier molecular flexibility index (Phi) is 4.34. The summed E-state index contributed by atoms with van der Waals surface area (Å²) in [5.41, 5.74) is 0. The molecule has 0 amide bonds. The second-order valence-electron chi connectivity index (χ2n) is 4.20. The number of nitrogens with one attached hydrogen (secondary N) is 1. The molecule has 0 bridgehead atoms. The molecule has 2 aliphatic rings. The maximum absolute atomic E-state index is 9.74. The molecule has 0 spiro atoms. The zero-order chi connectivity index (χ0) is 10.5. The van der Waals surface area contributed by atoms with Gasteiger partial charge in [-0.15, -0.1) is 0 Å². The first-order valence-corrected chi connectivity index (χ1v) is 5.65. The van der Waals surface area contributed by atoms with Crippen LogP contribution >= 0.6 is 0 Å². The monoisotopic (exact) mass is 216 g/mol. The maximum Gasteiger partial charge on any atom is 0.104 e. The Bertz CT molecular complexity index is 182. The molecule has 2 fully saturated rings. The Morgan fingerprint density at radius 2 is 2.13 bits per heavy atom. The zero-order valence-electron chi connectivity index (χ0n) is 9.02. The van der Waals surface area contributed by atoms with E-state index in [1.54, 1.807) is 0 Å². The van der Waals surface area contributed by atoms with Gasteiger partial charge in [0.15, 0.2) is 0 Å². The van der Waals surface area contributed by atoms with Gasteiger partial charge in [0.2, 0.25) is 0 Å². The fraction of sp³-hybridized carbons (Fsp3) is 1.00. The summed E-state index contributed by atoms with van der Waals surface area (Å²) in [6, 6.07) is 0. The highest BCUT2D eigenvalue weighted by molar-refractivity contribution is 4.72. The molecule has 5 heteroatoms. The molecule has 2 aliphatic heterocycles. The van der Waals surface area contributed by atoms with Crippen LogP contribution in [0.4, 0.5) is 0 Å². The van der Waals surface area contributed by atoms with Crippen LogP contribution in [0.15, 0.2) is 0 Å². The van der Waals surface area contributed by atoms with Gasteiger partial charge in [-0.25, -0.2) is 0 Å². The SMILES string of the molecule is OC(COC1COC1)CN1CCNCC1. The molecule has 0 aliphatic carbocycles. The molecule has 2 heterocycles. The van der Waals surface area contributed by atoms with Gasteiger partial charge in [0.05, 0.1) is 25.9 Å². The van der Waals surface area contributed by atoms with Crippen LogP contribution in [-0.4, -0.2) is 74.8 Å². The summed E-state index contributed by atoms with van der Waals surface area (Å²) in [6.07, 6.45) is -0.161. The van der Waals surface area contributed by atoms with Gasteiger partial charge in [-0.2, -0.15) is 0 Å². The van der Waals surface area contributed by atoms with Crippen molar-refractivity contribution in [2.24, 2.45) is 0 Å². The minimum absolute atomic E-state index is 0.211. The second-order valence-corrected chi connectivity index (χ2v) is 4.20. The van der Waals surface area contributed by atoms with Gasteiger partial charge in [-0.1, -0.05) is 0 Å². The second kappa shape index (κ2) is 5.77. The Labute approximate surface area is 90.3 Å². The van der Waals surface area contributed by atoms with Crippen molar-refractivity contribution in [2.75, 3.05) is 52.5 Å². The van der Waals surface area contributed by atoms with Crippen molar-refractivity contribution in [1.29, 1.82) is 0 Å². The van der Waals surface area contributed by atoms with Crippen molar-refractivity contribution in [3.63, 3.8) is 0 Å². The van der Waals surface area contributed by atoms with Crippen LogP contribution in [0.1, 0.15) is 0 Å². The van der Waals surface area contributed by atoms with Gasteiger partial charge in [0, 0.05) is 32.7 Å². The average molecular weight is 216 g/mol. The topological polar surface area (TPSA) is 54.0 Å². The van der Waals surface area contributed by atoms with E-state index in [2.05, 4.69) is 10.2 Å². The summed E-state index contributed by atoms with van der Waals surface area (Å²) in [4.78, 5) is 2.27. The molecule has 2 rings (SSSR count). The van der Waals surface area contributed by atoms with Crippen LogP contribution in [0.2, 0.25) is 0 Å². The third-order valence-electron chi connectivity index (χ3n) is 2.81. The number of nitrogens with zero attached hydrogens (tertiary/aromatic N) is 1. The lowest BCUT2D eigenvalue weighted by Gasteiger charge is -2.31. The third kappa shape index (κ3) is 3.70. The summed E-state index contributed by atoms with van der Waals surface area (Å²) < 4.78 is 10.5. The first-order chi connectivity index (χ1) is 7.34. The molecule has 15 heavy (non-hydrogen) atoms.